The van der Waals surface area contributed by atoms with Gasteiger partial charge in [0.05, 0.1) is 4.92 Å². The summed E-state index contributed by atoms with van der Waals surface area (Å²) in [4.78, 5) is 10.4. The molecule has 0 aliphatic rings. The van der Waals surface area contributed by atoms with Crippen LogP contribution in [0.1, 0.15) is 5.56 Å². The van der Waals surface area contributed by atoms with Crippen molar-refractivity contribution in [3.63, 3.8) is 0 Å². The van der Waals surface area contributed by atoms with E-state index in [0.717, 1.165) is 11.3 Å². The summed E-state index contributed by atoms with van der Waals surface area (Å²) in [5, 5.41) is 24.0. The molecular formula is C15H11ClN4O2S. The molecule has 0 spiro atoms. The van der Waals surface area contributed by atoms with E-state index in [2.05, 4.69) is 15.5 Å². The molecule has 116 valence electrons. The van der Waals surface area contributed by atoms with Crippen molar-refractivity contribution in [3.8, 4) is 10.6 Å². The number of aromatic nitrogens is 2. The highest BCUT2D eigenvalue weighted by Crippen LogP contribution is 2.32. The van der Waals surface area contributed by atoms with Gasteiger partial charge in [0.25, 0.3) is 5.69 Å². The van der Waals surface area contributed by atoms with E-state index < -0.39 is 4.92 Å². The molecule has 1 heterocycles. The molecule has 0 saturated carbocycles. The molecule has 0 fully saturated rings. The van der Waals surface area contributed by atoms with Gasteiger partial charge in [-0.25, -0.2) is 0 Å². The summed E-state index contributed by atoms with van der Waals surface area (Å²) >= 11 is 7.41. The summed E-state index contributed by atoms with van der Waals surface area (Å²) < 4.78 is 0. The van der Waals surface area contributed by atoms with Crippen LogP contribution >= 0.6 is 22.9 Å². The third kappa shape index (κ3) is 3.30. The second kappa shape index (κ2) is 6.31. The predicted octanol–water partition coefficient (Wildman–Crippen LogP) is 4.82. The number of anilines is 2. The van der Waals surface area contributed by atoms with Crippen molar-refractivity contribution in [3.05, 3.63) is 63.2 Å². The average Bonchev–Trinajstić information content (AvgIpc) is 3.00. The van der Waals surface area contributed by atoms with E-state index in [9.17, 15) is 10.1 Å². The Kier molecular flexibility index (Phi) is 4.22. The van der Waals surface area contributed by atoms with Crippen LogP contribution in [-0.2, 0) is 0 Å². The molecular weight excluding hydrogens is 336 g/mol. The van der Waals surface area contributed by atoms with E-state index >= 15 is 0 Å². The molecule has 0 aliphatic heterocycles. The zero-order valence-corrected chi connectivity index (χ0v) is 13.6. The predicted molar refractivity (Wildman–Crippen MR) is 91.5 cm³/mol. The highest BCUT2D eigenvalue weighted by Gasteiger charge is 2.12. The first-order valence-electron chi connectivity index (χ1n) is 6.65. The minimum atomic E-state index is -0.432. The number of halogens is 1. The highest BCUT2D eigenvalue weighted by atomic mass is 35.5. The largest absolute Gasteiger partial charge is 0.330 e. The molecule has 0 unspecified atom stereocenters. The van der Waals surface area contributed by atoms with Crippen LogP contribution in [0.2, 0.25) is 5.02 Å². The minimum Gasteiger partial charge on any atom is -0.330 e. The zero-order chi connectivity index (χ0) is 16.4. The van der Waals surface area contributed by atoms with E-state index in [1.54, 1.807) is 12.1 Å². The lowest BCUT2D eigenvalue weighted by atomic mass is 10.2. The first-order chi connectivity index (χ1) is 11.0. The fraction of sp³-hybridized carbons (Fsp3) is 0.0667. The Morgan fingerprint density at radius 1 is 1.22 bits per heavy atom. The molecule has 0 aliphatic carbocycles. The zero-order valence-electron chi connectivity index (χ0n) is 12.0. The van der Waals surface area contributed by atoms with Crippen LogP contribution in [0.25, 0.3) is 10.6 Å². The second-order valence-electron chi connectivity index (χ2n) is 4.76. The second-order valence-corrected chi connectivity index (χ2v) is 6.14. The molecule has 2 aromatic carbocycles. The third-order valence-corrected chi connectivity index (χ3v) is 4.54. The monoisotopic (exact) mass is 346 g/mol. The standard InChI is InChI=1S/C15H11ClN4O2S/c1-9-12(16)6-3-7-13(9)17-15-19-18-14(23-15)10-4-2-5-11(8-10)20(21)22/h2-8H,1H3,(H,17,19). The van der Waals surface area contributed by atoms with E-state index in [1.807, 2.05) is 25.1 Å². The fourth-order valence-corrected chi connectivity index (χ4v) is 2.93. The van der Waals surface area contributed by atoms with Crippen LogP contribution in [0.4, 0.5) is 16.5 Å². The summed E-state index contributed by atoms with van der Waals surface area (Å²) in [5.74, 6) is 0. The smallest absolute Gasteiger partial charge is 0.270 e. The Morgan fingerprint density at radius 3 is 2.78 bits per heavy atom. The first kappa shape index (κ1) is 15.4. The van der Waals surface area contributed by atoms with Crippen molar-refractivity contribution in [1.29, 1.82) is 0 Å². The van der Waals surface area contributed by atoms with Crippen molar-refractivity contribution in [2.45, 2.75) is 6.92 Å². The molecule has 23 heavy (non-hydrogen) atoms. The van der Waals surface area contributed by atoms with Gasteiger partial charge in [-0.1, -0.05) is 41.1 Å². The number of benzene rings is 2. The van der Waals surface area contributed by atoms with Gasteiger partial charge in [-0.2, -0.15) is 0 Å². The Hall–Kier alpha value is -2.51. The van der Waals surface area contributed by atoms with Gasteiger partial charge in [-0.3, -0.25) is 10.1 Å². The fourth-order valence-electron chi connectivity index (χ4n) is 2.00. The molecule has 0 radical (unpaired) electrons. The number of nitro benzene ring substituents is 1. The number of hydrogen-bond donors (Lipinski definition) is 1. The normalized spacial score (nSPS) is 10.5. The molecule has 0 atom stereocenters. The van der Waals surface area contributed by atoms with Gasteiger partial charge in [0.15, 0.2) is 0 Å². The molecule has 6 nitrogen and oxygen atoms in total. The molecule has 1 N–H and O–H groups in total. The highest BCUT2D eigenvalue weighted by molar-refractivity contribution is 7.18. The number of rotatable bonds is 4. The van der Waals surface area contributed by atoms with Gasteiger partial charge in [-0.15, -0.1) is 10.2 Å². The maximum atomic E-state index is 10.8. The number of nitrogens with zero attached hydrogens (tertiary/aromatic N) is 3. The lowest BCUT2D eigenvalue weighted by molar-refractivity contribution is -0.384. The summed E-state index contributed by atoms with van der Waals surface area (Å²) in [5.41, 5.74) is 2.45. The van der Waals surface area contributed by atoms with E-state index in [-0.39, 0.29) is 5.69 Å². The van der Waals surface area contributed by atoms with Crippen LogP contribution in [0.15, 0.2) is 42.5 Å². The van der Waals surface area contributed by atoms with Crippen LogP contribution in [0.3, 0.4) is 0 Å². The van der Waals surface area contributed by atoms with Gasteiger partial charge in [0.1, 0.15) is 5.01 Å². The molecule has 0 amide bonds. The van der Waals surface area contributed by atoms with E-state index in [4.69, 9.17) is 11.6 Å². The molecule has 3 rings (SSSR count). The SMILES string of the molecule is Cc1c(Cl)cccc1Nc1nnc(-c2cccc([N+](=O)[O-])c2)s1. The van der Waals surface area contributed by atoms with E-state index in [1.165, 1.54) is 23.5 Å². The third-order valence-electron chi connectivity index (χ3n) is 3.24. The van der Waals surface area contributed by atoms with Crippen molar-refractivity contribution in [2.75, 3.05) is 5.32 Å². The van der Waals surface area contributed by atoms with Crippen molar-refractivity contribution < 1.29 is 4.92 Å². The number of nitro groups is 1. The van der Waals surface area contributed by atoms with Crippen LogP contribution in [-0.4, -0.2) is 15.1 Å². The summed E-state index contributed by atoms with van der Waals surface area (Å²) in [6.45, 7) is 1.91. The minimum absolute atomic E-state index is 0.0258. The number of nitrogens with one attached hydrogen (secondary N) is 1. The lowest BCUT2D eigenvalue weighted by Crippen LogP contribution is -1.92. The topological polar surface area (TPSA) is 81.0 Å². The van der Waals surface area contributed by atoms with Gasteiger partial charge >= 0.3 is 0 Å². The van der Waals surface area contributed by atoms with Crippen molar-refractivity contribution >= 4 is 39.4 Å². The first-order valence-corrected chi connectivity index (χ1v) is 7.84. The number of non-ortho nitro benzene ring substituents is 1. The summed E-state index contributed by atoms with van der Waals surface area (Å²) in [6, 6.07) is 11.9. The van der Waals surface area contributed by atoms with E-state index in [0.29, 0.717) is 20.7 Å². The average molecular weight is 347 g/mol. The summed E-state index contributed by atoms with van der Waals surface area (Å²) in [7, 11) is 0. The van der Waals surface area contributed by atoms with Crippen LogP contribution < -0.4 is 5.32 Å². The van der Waals surface area contributed by atoms with Crippen molar-refractivity contribution in [2.24, 2.45) is 0 Å². The Morgan fingerprint density at radius 2 is 2.00 bits per heavy atom. The Balaban J connectivity index is 1.87. The lowest BCUT2D eigenvalue weighted by Gasteiger charge is -2.06. The Labute approximate surface area is 140 Å². The molecule has 0 bridgehead atoms. The number of hydrogen-bond acceptors (Lipinski definition) is 6. The maximum absolute atomic E-state index is 10.8. The molecule has 0 saturated heterocycles. The molecule has 8 heteroatoms. The van der Waals surface area contributed by atoms with Gasteiger partial charge in [0.2, 0.25) is 5.13 Å². The van der Waals surface area contributed by atoms with Gasteiger partial charge in [-0.05, 0) is 24.6 Å². The molecule has 3 aromatic rings. The van der Waals surface area contributed by atoms with Gasteiger partial charge < -0.3 is 5.32 Å². The van der Waals surface area contributed by atoms with Crippen molar-refractivity contribution in [1.82, 2.24) is 10.2 Å². The van der Waals surface area contributed by atoms with Crippen LogP contribution in [0.5, 0.6) is 0 Å². The quantitative estimate of drug-likeness (QED) is 0.541. The van der Waals surface area contributed by atoms with Gasteiger partial charge in [0, 0.05) is 28.4 Å². The molecule has 1 aromatic heterocycles. The Bertz CT molecular complexity index is 881. The van der Waals surface area contributed by atoms with Crippen LogP contribution in [0, 0.1) is 17.0 Å². The summed E-state index contributed by atoms with van der Waals surface area (Å²) in [6.07, 6.45) is 0. The maximum Gasteiger partial charge on any atom is 0.270 e.